The second kappa shape index (κ2) is 5.43. The lowest BCUT2D eigenvalue weighted by Gasteiger charge is -2.21. The van der Waals surface area contributed by atoms with Crippen LogP contribution in [0.5, 0.6) is 0 Å². The van der Waals surface area contributed by atoms with Crippen molar-refractivity contribution in [2.24, 2.45) is 0 Å². The van der Waals surface area contributed by atoms with Crippen LogP contribution in [-0.4, -0.2) is 21.6 Å². The van der Waals surface area contributed by atoms with Gasteiger partial charge < -0.3 is 4.52 Å². The lowest BCUT2D eigenvalue weighted by atomic mass is 10.2. The van der Waals surface area contributed by atoms with E-state index in [1.165, 1.54) is 17.7 Å². The minimum absolute atomic E-state index is 0.323. The van der Waals surface area contributed by atoms with E-state index in [0.717, 1.165) is 24.8 Å². The summed E-state index contributed by atoms with van der Waals surface area (Å²) in [4.78, 5) is 8.37. The Kier molecular flexibility index (Phi) is 3.66. The molecule has 2 aromatic heterocycles. The van der Waals surface area contributed by atoms with Crippen LogP contribution < -0.4 is 0 Å². The molecule has 102 valence electrons. The zero-order chi connectivity index (χ0) is 13.2. The Morgan fingerprint density at radius 3 is 3.11 bits per heavy atom. The fourth-order valence-corrected chi connectivity index (χ4v) is 3.45. The predicted molar refractivity (Wildman–Crippen MR) is 75.1 cm³/mol. The summed E-state index contributed by atoms with van der Waals surface area (Å²) in [6, 6.07) is 4.87. The van der Waals surface area contributed by atoms with Gasteiger partial charge in [-0.25, -0.2) is 0 Å². The van der Waals surface area contributed by atoms with E-state index >= 15 is 0 Å². The number of rotatable bonds is 4. The molecule has 3 rings (SSSR count). The van der Waals surface area contributed by atoms with Gasteiger partial charge in [0.1, 0.15) is 0 Å². The molecule has 1 saturated heterocycles. The molecule has 0 amide bonds. The molecule has 1 aliphatic heterocycles. The standard InChI is InChI=1S/C14H19N3OS/c1-10(2)14-15-13(18-16-14)9-17-7-3-5-11(17)12-6-4-8-19-12/h4,6,8,10-11H,3,5,7,9H2,1-2H3/t11-/m1/s1. The minimum atomic E-state index is 0.323. The molecule has 19 heavy (non-hydrogen) atoms. The topological polar surface area (TPSA) is 42.2 Å². The highest BCUT2D eigenvalue weighted by Crippen LogP contribution is 2.35. The van der Waals surface area contributed by atoms with Crippen molar-refractivity contribution in [3.63, 3.8) is 0 Å². The van der Waals surface area contributed by atoms with Crippen LogP contribution in [0.4, 0.5) is 0 Å². The van der Waals surface area contributed by atoms with E-state index in [1.807, 2.05) is 11.3 Å². The SMILES string of the molecule is CC(C)c1noc(CN2CCC[C@@H]2c2cccs2)n1. The molecule has 1 fully saturated rings. The summed E-state index contributed by atoms with van der Waals surface area (Å²) in [5.41, 5.74) is 0. The summed E-state index contributed by atoms with van der Waals surface area (Å²) in [6.45, 7) is 6.04. The fourth-order valence-electron chi connectivity index (χ4n) is 2.56. The van der Waals surface area contributed by atoms with Crippen molar-refractivity contribution in [2.45, 2.75) is 45.2 Å². The van der Waals surface area contributed by atoms with Crippen LogP contribution in [0.3, 0.4) is 0 Å². The average molecular weight is 277 g/mol. The van der Waals surface area contributed by atoms with Gasteiger partial charge in [0.15, 0.2) is 5.82 Å². The van der Waals surface area contributed by atoms with Gasteiger partial charge in [-0.15, -0.1) is 11.3 Å². The van der Waals surface area contributed by atoms with Crippen LogP contribution in [0.15, 0.2) is 22.0 Å². The second-order valence-electron chi connectivity index (χ2n) is 5.34. The summed E-state index contributed by atoms with van der Waals surface area (Å²) < 4.78 is 5.35. The molecule has 0 spiro atoms. The number of nitrogens with zero attached hydrogens (tertiary/aromatic N) is 3. The van der Waals surface area contributed by atoms with Crippen molar-refractivity contribution in [3.8, 4) is 0 Å². The first kappa shape index (κ1) is 12.8. The van der Waals surface area contributed by atoms with Gasteiger partial charge in [-0.3, -0.25) is 4.90 Å². The van der Waals surface area contributed by atoms with E-state index < -0.39 is 0 Å². The van der Waals surface area contributed by atoms with E-state index in [1.54, 1.807) is 0 Å². The zero-order valence-electron chi connectivity index (χ0n) is 11.4. The van der Waals surface area contributed by atoms with Gasteiger partial charge in [-0.1, -0.05) is 25.1 Å². The van der Waals surface area contributed by atoms with Crippen molar-refractivity contribution in [3.05, 3.63) is 34.1 Å². The Morgan fingerprint density at radius 2 is 2.42 bits per heavy atom. The Balaban J connectivity index is 1.71. The lowest BCUT2D eigenvalue weighted by Crippen LogP contribution is -2.22. The quantitative estimate of drug-likeness (QED) is 0.856. The summed E-state index contributed by atoms with van der Waals surface area (Å²) in [7, 11) is 0. The normalized spacial score (nSPS) is 20.5. The van der Waals surface area contributed by atoms with E-state index in [0.29, 0.717) is 12.0 Å². The van der Waals surface area contributed by atoms with Gasteiger partial charge in [0.25, 0.3) is 0 Å². The highest BCUT2D eigenvalue weighted by atomic mass is 32.1. The molecule has 5 heteroatoms. The molecule has 0 saturated carbocycles. The van der Waals surface area contributed by atoms with Gasteiger partial charge in [-0.05, 0) is 30.8 Å². The summed E-state index contributed by atoms with van der Waals surface area (Å²) in [6.07, 6.45) is 2.47. The Bertz CT molecular complexity index is 521. The highest BCUT2D eigenvalue weighted by molar-refractivity contribution is 7.10. The molecule has 0 radical (unpaired) electrons. The summed E-state index contributed by atoms with van der Waals surface area (Å²) in [5, 5.41) is 6.18. The van der Waals surface area contributed by atoms with Gasteiger partial charge in [-0.2, -0.15) is 4.98 Å². The predicted octanol–water partition coefficient (Wildman–Crippen LogP) is 3.59. The number of likely N-dealkylation sites (tertiary alicyclic amines) is 1. The van der Waals surface area contributed by atoms with Crippen molar-refractivity contribution in [2.75, 3.05) is 6.54 Å². The molecule has 0 aromatic carbocycles. The van der Waals surface area contributed by atoms with Gasteiger partial charge in [0, 0.05) is 16.8 Å². The monoisotopic (exact) mass is 277 g/mol. The number of hydrogen-bond acceptors (Lipinski definition) is 5. The van der Waals surface area contributed by atoms with Crippen molar-refractivity contribution >= 4 is 11.3 Å². The van der Waals surface area contributed by atoms with Crippen LogP contribution in [0.25, 0.3) is 0 Å². The molecule has 4 nitrogen and oxygen atoms in total. The third-order valence-electron chi connectivity index (χ3n) is 3.57. The molecule has 0 unspecified atom stereocenters. The van der Waals surface area contributed by atoms with Crippen LogP contribution in [0, 0.1) is 0 Å². The minimum Gasteiger partial charge on any atom is -0.338 e. The first-order chi connectivity index (χ1) is 9.24. The van der Waals surface area contributed by atoms with Crippen LogP contribution >= 0.6 is 11.3 Å². The molecule has 2 aromatic rings. The van der Waals surface area contributed by atoms with Crippen LogP contribution in [-0.2, 0) is 6.54 Å². The number of thiophene rings is 1. The first-order valence-electron chi connectivity index (χ1n) is 6.84. The first-order valence-corrected chi connectivity index (χ1v) is 7.72. The maximum absolute atomic E-state index is 5.35. The third-order valence-corrected chi connectivity index (χ3v) is 4.55. The number of hydrogen-bond donors (Lipinski definition) is 0. The highest BCUT2D eigenvalue weighted by Gasteiger charge is 2.28. The smallest absolute Gasteiger partial charge is 0.240 e. The molecular weight excluding hydrogens is 258 g/mol. The largest absolute Gasteiger partial charge is 0.338 e. The van der Waals surface area contributed by atoms with Crippen molar-refractivity contribution < 1.29 is 4.52 Å². The Labute approximate surface area is 117 Å². The molecule has 3 heterocycles. The maximum atomic E-state index is 5.35. The van der Waals surface area contributed by atoms with Crippen molar-refractivity contribution in [1.82, 2.24) is 15.0 Å². The van der Waals surface area contributed by atoms with E-state index in [4.69, 9.17) is 4.52 Å². The molecule has 0 N–H and O–H groups in total. The van der Waals surface area contributed by atoms with Crippen LogP contribution in [0.1, 0.15) is 55.2 Å². The van der Waals surface area contributed by atoms with E-state index in [2.05, 4.69) is 46.4 Å². The molecule has 0 bridgehead atoms. The number of aromatic nitrogens is 2. The third kappa shape index (κ3) is 2.72. The second-order valence-corrected chi connectivity index (χ2v) is 6.32. The average Bonchev–Trinajstić information content (AvgIpc) is 3.09. The van der Waals surface area contributed by atoms with Gasteiger partial charge in [0.2, 0.25) is 5.89 Å². The Morgan fingerprint density at radius 1 is 1.53 bits per heavy atom. The molecule has 0 aliphatic carbocycles. The fraction of sp³-hybridized carbons (Fsp3) is 0.571. The van der Waals surface area contributed by atoms with Gasteiger partial charge in [0.05, 0.1) is 6.54 Å². The van der Waals surface area contributed by atoms with E-state index in [9.17, 15) is 0 Å². The van der Waals surface area contributed by atoms with Crippen molar-refractivity contribution in [1.29, 1.82) is 0 Å². The summed E-state index contributed by atoms with van der Waals surface area (Å²) in [5.74, 6) is 1.87. The molecular formula is C14H19N3OS. The summed E-state index contributed by atoms with van der Waals surface area (Å²) >= 11 is 1.84. The molecule has 1 atom stereocenters. The zero-order valence-corrected chi connectivity index (χ0v) is 12.2. The maximum Gasteiger partial charge on any atom is 0.240 e. The van der Waals surface area contributed by atoms with E-state index in [-0.39, 0.29) is 0 Å². The van der Waals surface area contributed by atoms with Crippen LogP contribution in [0.2, 0.25) is 0 Å². The lowest BCUT2D eigenvalue weighted by molar-refractivity contribution is 0.214. The molecule has 1 aliphatic rings. The van der Waals surface area contributed by atoms with Gasteiger partial charge >= 0.3 is 0 Å². The Hall–Kier alpha value is -1.20.